The van der Waals surface area contributed by atoms with Crippen LogP contribution < -0.4 is 10.1 Å². The fourth-order valence-corrected chi connectivity index (χ4v) is 2.90. The lowest BCUT2D eigenvalue weighted by molar-refractivity contribution is -0.116. The van der Waals surface area contributed by atoms with Crippen molar-refractivity contribution in [3.8, 4) is 5.75 Å². The summed E-state index contributed by atoms with van der Waals surface area (Å²) < 4.78 is 28.2. The van der Waals surface area contributed by atoms with Gasteiger partial charge in [0.15, 0.2) is 0 Å². The zero-order valence-corrected chi connectivity index (χ0v) is 12.3. The zero-order valence-electron chi connectivity index (χ0n) is 11.5. The molecule has 1 aliphatic heterocycles. The zero-order chi connectivity index (χ0) is 14.6. The minimum atomic E-state index is -2.93. The predicted octanol–water partition coefficient (Wildman–Crippen LogP) is 1.77. The number of carbonyl (C=O) groups excluding carboxylic acids is 1. The molecule has 0 saturated heterocycles. The minimum Gasteiger partial charge on any atom is -0.493 e. The van der Waals surface area contributed by atoms with Gasteiger partial charge in [-0.15, -0.1) is 0 Å². The summed E-state index contributed by atoms with van der Waals surface area (Å²) in [6.45, 7) is 1.99. The quantitative estimate of drug-likeness (QED) is 0.812. The molecule has 20 heavy (non-hydrogen) atoms. The maximum absolute atomic E-state index is 11.3. The molecule has 1 amide bonds. The lowest BCUT2D eigenvalue weighted by Crippen LogP contribution is -2.19. The smallest absolute Gasteiger partial charge is 0.224 e. The maximum Gasteiger partial charge on any atom is 0.224 e. The van der Waals surface area contributed by atoms with Crippen molar-refractivity contribution in [2.24, 2.45) is 0 Å². The molecule has 2 rings (SSSR count). The largest absolute Gasteiger partial charge is 0.493 e. The molecule has 0 radical (unpaired) electrons. The van der Waals surface area contributed by atoms with E-state index in [9.17, 15) is 13.2 Å². The second kappa shape index (κ2) is 6.26. The van der Waals surface area contributed by atoms with E-state index in [1.807, 2.05) is 12.1 Å². The average Bonchev–Trinajstić information content (AvgIpc) is 2.43. The molecule has 0 bridgehead atoms. The van der Waals surface area contributed by atoms with E-state index in [-0.39, 0.29) is 17.4 Å². The number of fused-ring (bicyclic) bond motifs is 1. The fourth-order valence-electron chi connectivity index (χ4n) is 2.05. The molecule has 0 fully saturated rings. The van der Waals surface area contributed by atoms with Crippen molar-refractivity contribution < 1.29 is 17.9 Å². The first-order valence-corrected chi connectivity index (χ1v) is 8.58. The van der Waals surface area contributed by atoms with Crippen molar-refractivity contribution in [2.45, 2.75) is 26.2 Å². The number of ether oxygens (including phenoxy) is 1. The number of benzene rings is 1. The number of carbonyl (C=O) groups is 1. The third-order valence-electron chi connectivity index (χ3n) is 3.29. The highest BCUT2D eigenvalue weighted by atomic mass is 32.2. The van der Waals surface area contributed by atoms with Gasteiger partial charge in [-0.25, -0.2) is 8.42 Å². The van der Waals surface area contributed by atoms with Crippen molar-refractivity contribution in [3.63, 3.8) is 0 Å². The van der Waals surface area contributed by atoms with Crippen molar-refractivity contribution >= 4 is 21.4 Å². The lowest BCUT2D eigenvalue weighted by atomic mass is 10.0. The van der Waals surface area contributed by atoms with Crippen LogP contribution in [-0.2, 0) is 21.1 Å². The van der Waals surface area contributed by atoms with Gasteiger partial charge in [0.25, 0.3) is 0 Å². The van der Waals surface area contributed by atoms with E-state index in [1.165, 1.54) is 0 Å². The molecule has 1 heterocycles. The molecule has 0 atom stereocenters. The van der Waals surface area contributed by atoms with Crippen LogP contribution in [0.1, 0.15) is 25.3 Å². The van der Waals surface area contributed by atoms with Crippen molar-refractivity contribution in [3.05, 3.63) is 23.8 Å². The summed E-state index contributed by atoms with van der Waals surface area (Å²) in [7, 11) is -2.93. The van der Waals surface area contributed by atoms with Gasteiger partial charge >= 0.3 is 0 Å². The van der Waals surface area contributed by atoms with Crippen LogP contribution in [0.3, 0.4) is 0 Å². The summed E-state index contributed by atoms with van der Waals surface area (Å²) in [5.74, 6) is 0.979. The normalized spacial score (nSPS) is 14.6. The summed E-state index contributed by atoms with van der Waals surface area (Å²) in [6.07, 6.45) is 1.73. The fraction of sp³-hybridized carbons (Fsp3) is 0.500. The van der Waals surface area contributed by atoms with E-state index in [0.29, 0.717) is 25.2 Å². The molecule has 0 aliphatic carbocycles. The van der Waals surface area contributed by atoms with Gasteiger partial charge in [-0.05, 0) is 24.5 Å². The molecular formula is C14H19NO4S. The standard InChI is InChI=1S/C14H19NO4S/c1-2-20(17,18)9-3-8-19-12-6-4-11-5-7-14(16)15-13(11)10-12/h4,6,10H,2-3,5,7-9H2,1H3,(H,15,16). The van der Waals surface area contributed by atoms with Gasteiger partial charge in [0.1, 0.15) is 15.6 Å². The van der Waals surface area contributed by atoms with Gasteiger partial charge in [0, 0.05) is 23.9 Å². The SMILES string of the molecule is CCS(=O)(=O)CCCOc1ccc2c(c1)NC(=O)CC2. The second-order valence-corrected chi connectivity index (χ2v) is 7.28. The number of sulfone groups is 1. The molecule has 0 aromatic heterocycles. The van der Waals surface area contributed by atoms with Crippen molar-refractivity contribution in [1.82, 2.24) is 0 Å². The Hall–Kier alpha value is -1.56. The number of amides is 1. The Bertz CT molecular complexity index is 595. The minimum absolute atomic E-state index is 0.0173. The van der Waals surface area contributed by atoms with Gasteiger partial charge in [0.2, 0.25) is 5.91 Å². The molecule has 5 nitrogen and oxygen atoms in total. The van der Waals surface area contributed by atoms with Crippen LogP contribution in [0, 0.1) is 0 Å². The Morgan fingerprint density at radius 1 is 1.30 bits per heavy atom. The van der Waals surface area contributed by atoms with Gasteiger partial charge in [0.05, 0.1) is 12.4 Å². The first-order chi connectivity index (χ1) is 9.50. The Balaban J connectivity index is 1.88. The molecule has 6 heteroatoms. The Labute approximate surface area is 119 Å². The summed E-state index contributed by atoms with van der Waals surface area (Å²) in [6, 6.07) is 5.58. The molecule has 110 valence electrons. The Kier molecular flexibility index (Phi) is 4.65. The van der Waals surface area contributed by atoms with E-state index < -0.39 is 9.84 Å². The molecular weight excluding hydrogens is 278 g/mol. The highest BCUT2D eigenvalue weighted by Crippen LogP contribution is 2.27. The van der Waals surface area contributed by atoms with E-state index in [2.05, 4.69) is 5.32 Å². The number of nitrogens with one attached hydrogen (secondary N) is 1. The molecule has 1 aliphatic rings. The van der Waals surface area contributed by atoms with Crippen LogP contribution in [0.5, 0.6) is 5.75 Å². The number of hydrogen-bond donors (Lipinski definition) is 1. The van der Waals surface area contributed by atoms with Crippen LogP contribution in [0.25, 0.3) is 0 Å². The number of rotatable bonds is 6. The van der Waals surface area contributed by atoms with Crippen molar-refractivity contribution in [1.29, 1.82) is 0 Å². The van der Waals surface area contributed by atoms with Crippen LogP contribution in [-0.4, -0.2) is 32.4 Å². The summed E-state index contributed by atoms with van der Waals surface area (Å²) in [4.78, 5) is 11.3. The number of anilines is 1. The van der Waals surface area contributed by atoms with Crippen LogP contribution in [0.15, 0.2) is 18.2 Å². The van der Waals surface area contributed by atoms with E-state index in [0.717, 1.165) is 17.7 Å². The monoisotopic (exact) mass is 297 g/mol. The molecule has 0 spiro atoms. The van der Waals surface area contributed by atoms with Crippen molar-refractivity contribution in [2.75, 3.05) is 23.4 Å². The molecule has 1 aromatic carbocycles. The molecule has 1 aromatic rings. The van der Waals surface area contributed by atoms with Crippen LogP contribution in [0.2, 0.25) is 0 Å². The second-order valence-electron chi connectivity index (χ2n) is 4.81. The average molecular weight is 297 g/mol. The van der Waals surface area contributed by atoms with E-state index >= 15 is 0 Å². The van der Waals surface area contributed by atoms with Gasteiger partial charge in [-0.3, -0.25) is 4.79 Å². The first-order valence-electron chi connectivity index (χ1n) is 6.76. The maximum atomic E-state index is 11.3. The third-order valence-corrected chi connectivity index (χ3v) is 5.08. The summed E-state index contributed by atoms with van der Waals surface area (Å²) >= 11 is 0. The van der Waals surface area contributed by atoms with Crippen LogP contribution in [0.4, 0.5) is 5.69 Å². The summed E-state index contributed by atoms with van der Waals surface area (Å²) in [5.41, 5.74) is 1.89. The predicted molar refractivity (Wildman–Crippen MR) is 77.8 cm³/mol. The van der Waals surface area contributed by atoms with E-state index in [4.69, 9.17) is 4.74 Å². The topological polar surface area (TPSA) is 72.5 Å². The van der Waals surface area contributed by atoms with Gasteiger partial charge in [-0.1, -0.05) is 13.0 Å². The lowest BCUT2D eigenvalue weighted by Gasteiger charge is -2.17. The summed E-state index contributed by atoms with van der Waals surface area (Å²) in [5, 5.41) is 2.81. The Morgan fingerprint density at radius 2 is 2.10 bits per heavy atom. The number of hydrogen-bond acceptors (Lipinski definition) is 4. The number of aryl methyl sites for hydroxylation is 1. The Morgan fingerprint density at radius 3 is 2.85 bits per heavy atom. The first kappa shape index (κ1) is 14.8. The van der Waals surface area contributed by atoms with Gasteiger partial charge in [-0.2, -0.15) is 0 Å². The molecule has 0 unspecified atom stereocenters. The van der Waals surface area contributed by atoms with Gasteiger partial charge < -0.3 is 10.1 Å². The highest BCUT2D eigenvalue weighted by Gasteiger charge is 2.15. The van der Waals surface area contributed by atoms with E-state index in [1.54, 1.807) is 13.0 Å². The molecule has 0 saturated carbocycles. The van der Waals surface area contributed by atoms with Crippen LogP contribution >= 0.6 is 0 Å². The molecule has 1 N–H and O–H groups in total. The third kappa shape index (κ3) is 3.96. The highest BCUT2D eigenvalue weighted by molar-refractivity contribution is 7.91.